The van der Waals surface area contributed by atoms with Crippen LogP contribution in [0.25, 0.3) is 0 Å². The predicted molar refractivity (Wildman–Crippen MR) is 104 cm³/mol. The van der Waals surface area contributed by atoms with Crippen LogP contribution in [0.2, 0.25) is 0 Å². The van der Waals surface area contributed by atoms with Crippen molar-refractivity contribution >= 4 is 31.5 Å². The van der Waals surface area contributed by atoms with Gasteiger partial charge in [0.15, 0.2) is 9.84 Å². The molecule has 2 aromatic rings. The molecule has 2 N–H and O–H groups in total. The number of nitrogens with zero attached hydrogens (tertiary/aromatic N) is 2. The SMILES string of the molecule is COc1ccc(N([C@H]2CCS(=O)(=O)C2)S(=O)(=O)c2cc(C(N)=O)n(C)c2)cc1. The Kier molecular flexibility index (Phi) is 5.15. The first-order chi connectivity index (χ1) is 13.0. The van der Waals surface area contributed by atoms with Crippen molar-refractivity contribution in [3.63, 3.8) is 0 Å². The van der Waals surface area contributed by atoms with Crippen molar-refractivity contribution in [2.24, 2.45) is 12.8 Å². The van der Waals surface area contributed by atoms with Crippen molar-refractivity contribution in [3.8, 4) is 5.75 Å². The zero-order valence-corrected chi connectivity index (χ0v) is 17.0. The second-order valence-electron chi connectivity index (χ2n) is 6.59. The molecule has 11 heteroatoms. The number of methoxy groups -OCH3 is 1. The molecule has 2 heterocycles. The van der Waals surface area contributed by atoms with Crippen LogP contribution in [0.4, 0.5) is 5.69 Å². The van der Waals surface area contributed by atoms with Gasteiger partial charge in [0.1, 0.15) is 16.3 Å². The van der Waals surface area contributed by atoms with E-state index in [1.54, 1.807) is 24.3 Å². The number of carbonyl (C=O) groups excluding carboxylic acids is 1. The highest BCUT2D eigenvalue weighted by Gasteiger charge is 2.39. The molecule has 1 aliphatic heterocycles. The van der Waals surface area contributed by atoms with Gasteiger partial charge in [-0.2, -0.15) is 0 Å². The van der Waals surface area contributed by atoms with Crippen LogP contribution in [0.1, 0.15) is 16.9 Å². The standard InChI is InChI=1S/C17H21N3O6S2/c1-19-10-15(9-16(19)17(18)21)28(24,25)20(13-7-8-27(22,23)11-13)12-3-5-14(26-2)6-4-12/h3-6,9-10,13H,7-8,11H2,1-2H3,(H2,18,21)/t13-/m0/s1. The molecule has 0 saturated carbocycles. The molecule has 0 radical (unpaired) electrons. The zero-order valence-electron chi connectivity index (χ0n) is 15.4. The first-order valence-electron chi connectivity index (χ1n) is 8.40. The third kappa shape index (κ3) is 3.72. The number of ether oxygens (including phenoxy) is 1. The minimum Gasteiger partial charge on any atom is -0.497 e. The molecule has 1 aliphatic rings. The summed E-state index contributed by atoms with van der Waals surface area (Å²) in [5.41, 5.74) is 5.63. The van der Waals surface area contributed by atoms with Crippen LogP contribution < -0.4 is 14.8 Å². The van der Waals surface area contributed by atoms with Crippen molar-refractivity contribution < 1.29 is 26.4 Å². The Morgan fingerprint density at radius 3 is 2.39 bits per heavy atom. The summed E-state index contributed by atoms with van der Waals surface area (Å²) in [6.45, 7) is 0. The summed E-state index contributed by atoms with van der Waals surface area (Å²) in [6, 6.07) is 6.75. The number of rotatable bonds is 6. The van der Waals surface area contributed by atoms with Crippen LogP contribution in [0, 0.1) is 0 Å². The maximum absolute atomic E-state index is 13.4. The minimum absolute atomic E-state index is 0.0345. The predicted octanol–water partition coefficient (Wildman–Crippen LogP) is 0.515. The fraction of sp³-hybridized carbons (Fsp3) is 0.353. The molecule has 0 spiro atoms. The summed E-state index contributed by atoms with van der Waals surface area (Å²) in [6.07, 6.45) is 1.47. The summed E-state index contributed by atoms with van der Waals surface area (Å²) in [4.78, 5) is 11.4. The molecule has 9 nitrogen and oxygen atoms in total. The van der Waals surface area contributed by atoms with Gasteiger partial charge in [-0.25, -0.2) is 16.8 Å². The van der Waals surface area contributed by atoms with E-state index >= 15 is 0 Å². The van der Waals surface area contributed by atoms with Gasteiger partial charge < -0.3 is 15.0 Å². The molecular weight excluding hydrogens is 406 g/mol. The Hall–Kier alpha value is -2.53. The summed E-state index contributed by atoms with van der Waals surface area (Å²) in [5.74, 6) is -0.575. The fourth-order valence-corrected chi connectivity index (χ4v) is 6.81. The zero-order chi connectivity index (χ0) is 20.7. The first-order valence-corrected chi connectivity index (χ1v) is 11.7. The molecular formula is C17H21N3O6S2. The van der Waals surface area contributed by atoms with Crippen molar-refractivity contribution in [3.05, 3.63) is 42.2 Å². The minimum atomic E-state index is -4.14. The number of amides is 1. The summed E-state index contributed by atoms with van der Waals surface area (Å²) < 4.78 is 58.3. The van der Waals surface area contributed by atoms with Crippen LogP contribution in [-0.4, -0.2) is 52.0 Å². The Labute approximate surface area is 163 Å². The Morgan fingerprint density at radius 1 is 1.29 bits per heavy atom. The molecule has 1 aromatic carbocycles. The second-order valence-corrected chi connectivity index (χ2v) is 10.6. The van der Waals surface area contributed by atoms with Crippen LogP contribution in [0.3, 0.4) is 0 Å². The first kappa shape index (κ1) is 20.2. The second kappa shape index (κ2) is 7.13. The maximum atomic E-state index is 13.4. The lowest BCUT2D eigenvalue weighted by atomic mass is 10.2. The van der Waals surface area contributed by atoms with Crippen molar-refractivity contribution in [1.29, 1.82) is 0 Å². The van der Waals surface area contributed by atoms with Crippen LogP contribution in [0.5, 0.6) is 5.75 Å². The van der Waals surface area contributed by atoms with Gasteiger partial charge in [0.05, 0.1) is 30.3 Å². The Balaban J connectivity index is 2.12. The van der Waals surface area contributed by atoms with Crippen molar-refractivity contribution in [2.45, 2.75) is 17.4 Å². The number of sulfonamides is 1. The van der Waals surface area contributed by atoms with Crippen LogP contribution in [0.15, 0.2) is 41.4 Å². The van der Waals surface area contributed by atoms with E-state index in [2.05, 4.69) is 0 Å². The van der Waals surface area contributed by atoms with E-state index < -0.39 is 31.8 Å². The molecule has 28 heavy (non-hydrogen) atoms. The van der Waals surface area contributed by atoms with Gasteiger partial charge in [-0.1, -0.05) is 0 Å². The number of benzene rings is 1. The normalized spacial score (nSPS) is 18.7. The highest BCUT2D eigenvalue weighted by molar-refractivity contribution is 7.93. The summed E-state index contributed by atoms with van der Waals surface area (Å²) in [7, 11) is -4.47. The highest BCUT2D eigenvalue weighted by atomic mass is 32.2. The number of aromatic nitrogens is 1. The van der Waals surface area contributed by atoms with Crippen molar-refractivity contribution in [2.75, 3.05) is 22.9 Å². The monoisotopic (exact) mass is 427 g/mol. The van der Waals surface area contributed by atoms with Gasteiger partial charge in [0, 0.05) is 13.2 Å². The topological polar surface area (TPSA) is 129 Å². The Morgan fingerprint density at radius 2 is 1.93 bits per heavy atom. The van der Waals surface area contributed by atoms with Crippen LogP contribution >= 0.6 is 0 Å². The molecule has 0 bridgehead atoms. The number of aryl methyl sites for hydroxylation is 1. The third-order valence-corrected chi connectivity index (χ3v) is 8.25. The van der Waals surface area contributed by atoms with E-state index in [0.717, 1.165) is 4.31 Å². The number of hydrogen-bond acceptors (Lipinski definition) is 6. The number of anilines is 1. The molecule has 1 atom stereocenters. The lowest BCUT2D eigenvalue weighted by Gasteiger charge is -2.29. The number of primary amides is 1. The molecule has 152 valence electrons. The van der Waals surface area contributed by atoms with E-state index in [9.17, 15) is 21.6 Å². The number of sulfone groups is 1. The molecule has 0 unspecified atom stereocenters. The smallest absolute Gasteiger partial charge is 0.266 e. The number of carbonyl (C=O) groups is 1. The van der Waals surface area contributed by atoms with E-state index in [1.807, 2.05) is 0 Å². The van der Waals surface area contributed by atoms with Crippen molar-refractivity contribution in [1.82, 2.24) is 4.57 Å². The van der Waals surface area contributed by atoms with Gasteiger partial charge >= 0.3 is 0 Å². The molecule has 1 fully saturated rings. The molecule has 0 aliphatic carbocycles. The quantitative estimate of drug-likeness (QED) is 0.715. The van der Waals surface area contributed by atoms with Gasteiger partial charge in [-0.15, -0.1) is 0 Å². The lowest BCUT2D eigenvalue weighted by molar-refractivity contribution is 0.0992. The van der Waals surface area contributed by atoms with E-state index in [-0.39, 0.29) is 28.5 Å². The number of nitrogens with two attached hydrogens (primary N) is 1. The summed E-state index contributed by atoms with van der Waals surface area (Å²) >= 11 is 0. The van der Waals surface area contributed by atoms with E-state index in [0.29, 0.717) is 11.4 Å². The molecule has 1 aromatic heterocycles. The third-order valence-electron chi connectivity index (χ3n) is 4.66. The van der Waals surface area contributed by atoms with Gasteiger partial charge in [0.25, 0.3) is 15.9 Å². The molecule has 1 saturated heterocycles. The average molecular weight is 428 g/mol. The van der Waals surface area contributed by atoms with Gasteiger partial charge in [0.2, 0.25) is 0 Å². The Bertz CT molecular complexity index is 1100. The van der Waals surface area contributed by atoms with Gasteiger partial charge in [-0.3, -0.25) is 9.10 Å². The largest absolute Gasteiger partial charge is 0.497 e. The van der Waals surface area contributed by atoms with Gasteiger partial charge in [-0.05, 0) is 36.8 Å². The lowest BCUT2D eigenvalue weighted by Crippen LogP contribution is -2.41. The average Bonchev–Trinajstić information content (AvgIpc) is 3.18. The fourth-order valence-electron chi connectivity index (χ4n) is 3.27. The maximum Gasteiger partial charge on any atom is 0.266 e. The van der Waals surface area contributed by atoms with Crippen LogP contribution in [-0.2, 0) is 26.9 Å². The molecule has 3 rings (SSSR count). The van der Waals surface area contributed by atoms with E-state index in [1.165, 1.54) is 31.0 Å². The van der Waals surface area contributed by atoms with E-state index in [4.69, 9.17) is 10.5 Å². The number of hydrogen-bond donors (Lipinski definition) is 1. The molecule has 1 amide bonds. The summed E-state index contributed by atoms with van der Waals surface area (Å²) in [5, 5.41) is 0. The highest BCUT2D eigenvalue weighted by Crippen LogP contribution is 2.32.